The first-order valence-corrected chi connectivity index (χ1v) is 6.12. The molecule has 0 spiro atoms. The van der Waals surface area contributed by atoms with Gasteiger partial charge in [-0.05, 0) is 46.0 Å². The van der Waals surface area contributed by atoms with Gasteiger partial charge in [-0.15, -0.1) is 10.2 Å². The van der Waals surface area contributed by atoms with Gasteiger partial charge in [0.05, 0.1) is 11.3 Å². The summed E-state index contributed by atoms with van der Waals surface area (Å²) in [6.07, 6.45) is 1.79. The van der Waals surface area contributed by atoms with Crippen molar-refractivity contribution in [1.29, 1.82) is 0 Å². The normalized spacial score (nSPS) is 10.8. The quantitative estimate of drug-likeness (QED) is 0.816. The van der Waals surface area contributed by atoms with E-state index in [1.165, 1.54) is 0 Å². The second kappa shape index (κ2) is 5.73. The molecule has 0 fully saturated rings. The molecule has 2 rings (SSSR count). The predicted molar refractivity (Wildman–Crippen MR) is 69.3 cm³/mol. The molecule has 2 heterocycles. The van der Waals surface area contributed by atoms with Crippen molar-refractivity contribution in [2.24, 2.45) is 0 Å². The van der Waals surface area contributed by atoms with Crippen LogP contribution in [0.15, 0.2) is 16.5 Å². The highest BCUT2D eigenvalue weighted by Crippen LogP contribution is 2.21. The lowest BCUT2D eigenvalue weighted by molar-refractivity contribution is 0.494. The molecule has 0 aliphatic carbocycles. The van der Waals surface area contributed by atoms with E-state index in [2.05, 4.69) is 20.5 Å². The van der Waals surface area contributed by atoms with E-state index < -0.39 is 0 Å². The van der Waals surface area contributed by atoms with Gasteiger partial charge >= 0.3 is 0 Å². The fourth-order valence-electron chi connectivity index (χ4n) is 1.79. The van der Waals surface area contributed by atoms with Gasteiger partial charge in [0.2, 0.25) is 11.8 Å². The minimum atomic E-state index is 0.555. The van der Waals surface area contributed by atoms with Gasteiger partial charge in [0.15, 0.2) is 0 Å². The second-order valence-electron chi connectivity index (χ2n) is 4.29. The first-order valence-electron chi connectivity index (χ1n) is 6.12. The van der Waals surface area contributed by atoms with Gasteiger partial charge in [0.1, 0.15) is 0 Å². The first-order chi connectivity index (χ1) is 8.70. The molecule has 0 saturated heterocycles. The Kier molecular flexibility index (Phi) is 4.04. The number of hydrogen-bond acceptors (Lipinski definition) is 5. The summed E-state index contributed by atoms with van der Waals surface area (Å²) < 4.78 is 5.65. The lowest BCUT2D eigenvalue weighted by Gasteiger charge is -2.00. The molecule has 2 aromatic heterocycles. The molecule has 0 aromatic carbocycles. The molecule has 0 unspecified atom stereocenters. The molecule has 2 aromatic rings. The molecule has 0 aliphatic heterocycles. The average molecular weight is 246 g/mol. The van der Waals surface area contributed by atoms with E-state index in [1.54, 1.807) is 0 Å². The number of hydrogen-bond donors (Lipinski definition) is 1. The van der Waals surface area contributed by atoms with Gasteiger partial charge < -0.3 is 9.73 Å². The number of nitrogens with one attached hydrogen (secondary N) is 1. The highest BCUT2D eigenvalue weighted by Gasteiger charge is 2.11. The van der Waals surface area contributed by atoms with Crippen molar-refractivity contribution in [1.82, 2.24) is 20.5 Å². The summed E-state index contributed by atoms with van der Waals surface area (Å²) >= 11 is 0. The minimum absolute atomic E-state index is 0.555. The molecule has 96 valence electrons. The number of rotatable bonds is 5. The zero-order valence-corrected chi connectivity index (χ0v) is 11.0. The van der Waals surface area contributed by atoms with Gasteiger partial charge in [-0.1, -0.05) is 0 Å². The second-order valence-corrected chi connectivity index (χ2v) is 4.29. The van der Waals surface area contributed by atoms with Crippen LogP contribution in [0.3, 0.4) is 0 Å². The summed E-state index contributed by atoms with van der Waals surface area (Å²) in [7, 11) is 1.93. The van der Waals surface area contributed by atoms with Crippen LogP contribution in [0.25, 0.3) is 11.5 Å². The van der Waals surface area contributed by atoms with Crippen LogP contribution >= 0.6 is 0 Å². The lowest BCUT2D eigenvalue weighted by Crippen LogP contribution is -2.08. The van der Waals surface area contributed by atoms with Crippen LogP contribution in [0, 0.1) is 13.8 Å². The van der Waals surface area contributed by atoms with Crippen LogP contribution in [0.4, 0.5) is 0 Å². The van der Waals surface area contributed by atoms with Gasteiger partial charge in [-0.2, -0.15) is 0 Å². The van der Waals surface area contributed by atoms with Gasteiger partial charge in [-0.3, -0.25) is 4.98 Å². The molecule has 0 aliphatic rings. The van der Waals surface area contributed by atoms with Gasteiger partial charge in [0.25, 0.3) is 0 Å². The Balaban J connectivity index is 2.13. The predicted octanol–water partition coefficient (Wildman–Crippen LogP) is 1.90. The molecule has 18 heavy (non-hydrogen) atoms. The van der Waals surface area contributed by atoms with E-state index in [0.717, 1.165) is 36.3 Å². The number of nitrogens with zero attached hydrogens (tertiary/aromatic N) is 3. The third-order valence-electron chi connectivity index (χ3n) is 2.74. The largest absolute Gasteiger partial charge is 0.421 e. The summed E-state index contributed by atoms with van der Waals surface area (Å²) in [5.41, 5.74) is 2.82. The monoisotopic (exact) mass is 246 g/mol. The molecule has 0 saturated carbocycles. The topological polar surface area (TPSA) is 63.8 Å². The summed E-state index contributed by atoms with van der Waals surface area (Å²) in [5, 5.41) is 11.2. The van der Waals surface area contributed by atoms with Crippen LogP contribution < -0.4 is 5.32 Å². The fourth-order valence-corrected chi connectivity index (χ4v) is 1.79. The average Bonchev–Trinajstić information content (AvgIpc) is 2.78. The minimum Gasteiger partial charge on any atom is -0.421 e. The number of pyridine rings is 1. The molecular formula is C13H18N4O. The number of aryl methyl sites for hydroxylation is 3. The molecule has 0 amide bonds. The Labute approximate surface area is 107 Å². The van der Waals surface area contributed by atoms with Crippen molar-refractivity contribution in [2.75, 3.05) is 13.6 Å². The maximum Gasteiger partial charge on any atom is 0.249 e. The molecular weight excluding hydrogens is 228 g/mol. The summed E-state index contributed by atoms with van der Waals surface area (Å²) in [4.78, 5) is 4.40. The van der Waals surface area contributed by atoms with E-state index in [0.29, 0.717) is 11.8 Å². The summed E-state index contributed by atoms with van der Waals surface area (Å²) in [5.74, 6) is 1.24. The van der Waals surface area contributed by atoms with Crippen LogP contribution in [-0.2, 0) is 6.42 Å². The standard InChI is InChI=1S/C13H18N4O/c1-9-6-7-11(10(2)15-9)13-17-16-12(18-13)5-4-8-14-3/h6-7,14H,4-5,8H2,1-3H3. The van der Waals surface area contributed by atoms with Crippen molar-refractivity contribution in [3.05, 3.63) is 29.4 Å². The van der Waals surface area contributed by atoms with Crippen LogP contribution in [0.5, 0.6) is 0 Å². The maximum atomic E-state index is 5.65. The third-order valence-corrected chi connectivity index (χ3v) is 2.74. The summed E-state index contributed by atoms with van der Waals surface area (Å²) in [6, 6.07) is 3.93. The van der Waals surface area contributed by atoms with Crippen LogP contribution in [0.2, 0.25) is 0 Å². The van der Waals surface area contributed by atoms with E-state index >= 15 is 0 Å². The lowest BCUT2D eigenvalue weighted by atomic mass is 10.2. The molecule has 5 nitrogen and oxygen atoms in total. The Morgan fingerprint density at radius 1 is 1.22 bits per heavy atom. The maximum absolute atomic E-state index is 5.65. The van der Waals surface area contributed by atoms with Crippen LogP contribution in [-0.4, -0.2) is 28.8 Å². The van der Waals surface area contributed by atoms with E-state index in [9.17, 15) is 0 Å². The first kappa shape index (κ1) is 12.7. The van der Waals surface area contributed by atoms with Crippen molar-refractivity contribution >= 4 is 0 Å². The Hall–Kier alpha value is -1.75. The third kappa shape index (κ3) is 2.92. The van der Waals surface area contributed by atoms with Crippen molar-refractivity contribution in [3.63, 3.8) is 0 Å². The summed E-state index contributed by atoms with van der Waals surface area (Å²) in [6.45, 7) is 4.86. The number of aromatic nitrogens is 3. The molecule has 0 atom stereocenters. The SMILES string of the molecule is CNCCCc1nnc(-c2ccc(C)nc2C)o1. The van der Waals surface area contributed by atoms with E-state index in [1.807, 2.05) is 33.0 Å². The Bertz CT molecular complexity index is 521. The highest BCUT2D eigenvalue weighted by atomic mass is 16.4. The fraction of sp³-hybridized carbons (Fsp3) is 0.462. The van der Waals surface area contributed by atoms with Gasteiger partial charge in [-0.25, -0.2) is 0 Å². The van der Waals surface area contributed by atoms with Crippen molar-refractivity contribution < 1.29 is 4.42 Å². The molecule has 0 bridgehead atoms. The highest BCUT2D eigenvalue weighted by molar-refractivity contribution is 5.55. The smallest absolute Gasteiger partial charge is 0.249 e. The van der Waals surface area contributed by atoms with Crippen molar-refractivity contribution in [2.45, 2.75) is 26.7 Å². The zero-order valence-electron chi connectivity index (χ0n) is 11.0. The van der Waals surface area contributed by atoms with E-state index in [-0.39, 0.29) is 0 Å². The van der Waals surface area contributed by atoms with Gasteiger partial charge in [0, 0.05) is 12.1 Å². The zero-order chi connectivity index (χ0) is 13.0. The molecule has 5 heteroatoms. The van der Waals surface area contributed by atoms with Crippen LogP contribution in [0.1, 0.15) is 23.7 Å². The molecule has 0 radical (unpaired) electrons. The Morgan fingerprint density at radius 3 is 2.78 bits per heavy atom. The van der Waals surface area contributed by atoms with E-state index in [4.69, 9.17) is 4.42 Å². The Morgan fingerprint density at radius 2 is 2.06 bits per heavy atom. The molecule has 1 N–H and O–H groups in total. The van der Waals surface area contributed by atoms with Crippen molar-refractivity contribution in [3.8, 4) is 11.5 Å².